The van der Waals surface area contributed by atoms with Gasteiger partial charge in [-0.2, -0.15) is 0 Å². The Kier molecular flexibility index (Phi) is 5.25. The van der Waals surface area contributed by atoms with E-state index in [4.69, 9.17) is 4.74 Å². The van der Waals surface area contributed by atoms with Gasteiger partial charge in [-0.1, -0.05) is 48.5 Å². The van der Waals surface area contributed by atoms with Crippen LogP contribution in [0.2, 0.25) is 0 Å². The first-order chi connectivity index (χ1) is 12.5. The molecule has 0 atom stereocenters. The van der Waals surface area contributed by atoms with Crippen molar-refractivity contribution in [2.75, 3.05) is 19.1 Å². The van der Waals surface area contributed by atoms with E-state index >= 15 is 0 Å². The first-order valence-electron chi connectivity index (χ1n) is 8.28. The van der Waals surface area contributed by atoms with Crippen molar-refractivity contribution in [3.63, 3.8) is 0 Å². The predicted molar refractivity (Wildman–Crippen MR) is 104 cm³/mol. The molecule has 6 heteroatoms. The van der Waals surface area contributed by atoms with E-state index in [1.165, 1.54) is 7.11 Å². The first kappa shape index (κ1) is 18.0. The van der Waals surface area contributed by atoms with Crippen molar-refractivity contribution in [1.29, 1.82) is 0 Å². The number of benzene rings is 3. The fourth-order valence-electron chi connectivity index (χ4n) is 3.18. The molecule has 0 unspecified atom stereocenters. The SMILES string of the molecule is COC(=O)c1cccc2c(N(C)Cc3ccccc3B(O)O)cccc12. The molecule has 0 aliphatic rings. The van der Waals surface area contributed by atoms with Gasteiger partial charge in [0.15, 0.2) is 0 Å². The van der Waals surface area contributed by atoms with Gasteiger partial charge in [-0.05, 0) is 28.5 Å². The third-order valence-corrected chi connectivity index (χ3v) is 4.46. The van der Waals surface area contributed by atoms with Crippen LogP contribution in [0.25, 0.3) is 10.8 Å². The second-order valence-electron chi connectivity index (χ2n) is 6.10. The van der Waals surface area contributed by atoms with E-state index in [2.05, 4.69) is 0 Å². The molecule has 5 nitrogen and oxygen atoms in total. The maximum atomic E-state index is 12.0. The molecule has 132 valence electrons. The normalized spacial score (nSPS) is 10.6. The van der Waals surface area contributed by atoms with E-state index in [1.54, 1.807) is 18.2 Å². The average molecular weight is 349 g/mol. The van der Waals surface area contributed by atoms with Gasteiger partial charge in [-0.3, -0.25) is 0 Å². The minimum atomic E-state index is -1.52. The van der Waals surface area contributed by atoms with Gasteiger partial charge in [0.2, 0.25) is 0 Å². The molecule has 0 aromatic heterocycles. The summed E-state index contributed by atoms with van der Waals surface area (Å²) < 4.78 is 4.87. The van der Waals surface area contributed by atoms with Crippen molar-refractivity contribution in [2.24, 2.45) is 0 Å². The number of carbonyl (C=O) groups is 1. The summed E-state index contributed by atoms with van der Waals surface area (Å²) in [5, 5.41) is 20.9. The van der Waals surface area contributed by atoms with Crippen molar-refractivity contribution < 1.29 is 19.6 Å². The Bertz CT molecular complexity index is 942. The lowest BCUT2D eigenvalue weighted by molar-refractivity contribution is 0.0603. The van der Waals surface area contributed by atoms with Crippen LogP contribution >= 0.6 is 0 Å². The summed E-state index contributed by atoms with van der Waals surface area (Å²) in [7, 11) is 1.78. The summed E-state index contributed by atoms with van der Waals surface area (Å²) in [6.45, 7) is 0.495. The third kappa shape index (κ3) is 3.42. The van der Waals surface area contributed by atoms with E-state index in [-0.39, 0.29) is 5.97 Å². The van der Waals surface area contributed by atoms with E-state index in [1.807, 2.05) is 54.4 Å². The second-order valence-corrected chi connectivity index (χ2v) is 6.10. The lowest BCUT2D eigenvalue weighted by Crippen LogP contribution is -2.35. The number of ether oxygens (including phenoxy) is 1. The lowest BCUT2D eigenvalue weighted by atomic mass is 9.77. The monoisotopic (exact) mass is 349 g/mol. The molecule has 0 aliphatic heterocycles. The molecular formula is C20H20BNO4. The van der Waals surface area contributed by atoms with Crippen molar-refractivity contribution in [3.05, 3.63) is 71.8 Å². The van der Waals surface area contributed by atoms with Crippen LogP contribution in [0.15, 0.2) is 60.7 Å². The highest BCUT2D eigenvalue weighted by Crippen LogP contribution is 2.29. The molecule has 0 amide bonds. The Hall–Kier alpha value is -2.83. The number of hydrogen-bond donors (Lipinski definition) is 2. The summed E-state index contributed by atoms with van der Waals surface area (Å²) in [5.74, 6) is -0.371. The molecule has 3 aromatic carbocycles. The molecule has 0 saturated carbocycles. The fraction of sp³-hybridized carbons (Fsp3) is 0.150. The average Bonchev–Trinajstić information content (AvgIpc) is 2.66. The van der Waals surface area contributed by atoms with Gasteiger partial charge >= 0.3 is 13.1 Å². The van der Waals surface area contributed by atoms with Crippen molar-refractivity contribution in [1.82, 2.24) is 0 Å². The van der Waals surface area contributed by atoms with E-state index in [9.17, 15) is 14.8 Å². The summed E-state index contributed by atoms with van der Waals surface area (Å²) in [6.07, 6.45) is 0. The first-order valence-corrected chi connectivity index (χ1v) is 8.28. The number of fused-ring (bicyclic) bond motifs is 1. The minimum absolute atomic E-state index is 0.371. The molecule has 0 radical (unpaired) electrons. The second kappa shape index (κ2) is 7.60. The van der Waals surface area contributed by atoms with Gasteiger partial charge in [-0.25, -0.2) is 4.79 Å². The number of esters is 1. The lowest BCUT2D eigenvalue weighted by Gasteiger charge is -2.23. The minimum Gasteiger partial charge on any atom is -0.465 e. The quantitative estimate of drug-likeness (QED) is 0.544. The highest BCUT2D eigenvalue weighted by Gasteiger charge is 2.18. The molecule has 2 N–H and O–H groups in total. The van der Waals surface area contributed by atoms with Crippen LogP contribution in [0.4, 0.5) is 5.69 Å². The molecule has 0 spiro atoms. The maximum Gasteiger partial charge on any atom is 0.488 e. The molecule has 0 fully saturated rings. The van der Waals surface area contributed by atoms with E-state index < -0.39 is 7.12 Å². The molecular weight excluding hydrogens is 329 g/mol. The van der Waals surface area contributed by atoms with Gasteiger partial charge in [-0.15, -0.1) is 0 Å². The van der Waals surface area contributed by atoms with Crippen molar-refractivity contribution in [2.45, 2.75) is 6.54 Å². The number of nitrogens with zero attached hydrogens (tertiary/aromatic N) is 1. The van der Waals surface area contributed by atoms with Crippen LogP contribution in [0, 0.1) is 0 Å². The van der Waals surface area contributed by atoms with Crippen LogP contribution in [0.3, 0.4) is 0 Å². The molecule has 3 rings (SSSR count). The Labute approximate surface area is 152 Å². The fourth-order valence-corrected chi connectivity index (χ4v) is 3.18. The van der Waals surface area contributed by atoms with Crippen molar-refractivity contribution >= 4 is 35.0 Å². The van der Waals surface area contributed by atoms with Gasteiger partial charge < -0.3 is 19.7 Å². The maximum absolute atomic E-state index is 12.0. The number of hydrogen-bond acceptors (Lipinski definition) is 5. The number of anilines is 1. The molecule has 0 saturated heterocycles. The summed E-state index contributed by atoms with van der Waals surface area (Å²) in [5.41, 5.74) is 2.77. The standard InChI is InChI=1S/C20H20BNO4/c1-22(13-14-7-3-4-11-18(14)21(24)25)19-12-6-8-15-16(19)9-5-10-17(15)20(23)26-2/h3-12,24-25H,13H2,1-2H3. The number of rotatable bonds is 5. The van der Waals surface area contributed by atoms with Crippen molar-refractivity contribution in [3.8, 4) is 0 Å². The zero-order valence-electron chi connectivity index (χ0n) is 14.7. The Balaban J connectivity index is 2.02. The highest BCUT2D eigenvalue weighted by molar-refractivity contribution is 6.59. The number of methoxy groups -OCH3 is 1. The van der Waals surface area contributed by atoms with Crippen LogP contribution in [-0.4, -0.2) is 37.3 Å². The Morgan fingerprint density at radius 3 is 2.42 bits per heavy atom. The largest absolute Gasteiger partial charge is 0.488 e. The van der Waals surface area contributed by atoms with Crippen LogP contribution in [0.1, 0.15) is 15.9 Å². The predicted octanol–water partition coefficient (Wildman–Crippen LogP) is 1.94. The topological polar surface area (TPSA) is 70.0 Å². The third-order valence-electron chi connectivity index (χ3n) is 4.46. The summed E-state index contributed by atoms with van der Waals surface area (Å²) >= 11 is 0. The Morgan fingerprint density at radius 1 is 1.00 bits per heavy atom. The van der Waals surface area contributed by atoms with E-state index in [0.717, 1.165) is 22.0 Å². The smallest absolute Gasteiger partial charge is 0.465 e. The molecule has 0 bridgehead atoms. The van der Waals surface area contributed by atoms with Crippen LogP contribution < -0.4 is 10.4 Å². The van der Waals surface area contributed by atoms with Gasteiger partial charge in [0.05, 0.1) is 12.7 Å². The zero-order valence-corrected chi connectivity index (χ0v) is 14.7. The summed E-state index contributed by atoms with van der Waals surface area (Å²) in [4.78, 5) is 14.0. The van der Waals surface area contributed by atoms with Crippen LogP contribution in [-0.2, 0) is 11.3 Å². The van der Waals surface area contributed by atoms with Gasteiger partial charge in [0.25, 0.3) is 0 Å². The van der Waals surface area contributed by atoms with Crippen LogP contribution in [0.5, 0.6) is 0 Å². The van der Waals surface area contributed by atoms with E-state index in [0.29, 0.717) is 17.6 Å². The van der Waals surface area contributed by atoms with Gasteiger partial charge in [0, 0.05) is 24.7 Å². The van der Waals surface area contributed by atoms with Gasteiger partial charge in [0.1, 0.15) is 0 Å². The number of carbonyl (C=O) groups excluding carboxylic acids is 1. The molecule has 0 aliphatic carbocycles. The highest BCUT2D eigenvalue weighted by atomic mass is 16.5. The Morgan fingerprint density at radius 2 is 1.69 bits per heavy atom. The zero-order chi connectivity index (χ0) is 18.7. The summed E-state index contributed by atoms with van der Waals surface area (Å²) in [6, 6.07) is 18.5. The molecule has 0 heterocycles. The molecule has 3 aromatic rings. The molecule has 26 heavy (non-hydrogen) atoms.